The number of hydrogen-bond donors (Lipinski definition) is 0. The predicted molar refractivity (Wildman–Crippen MR) is 99.4 cm³/mol. The van der Waals surface area contributed by atoms with E-state index >= 15 is 0 Å². The van der Waals surface area contributed by atoms with E-state index in [0.29, 0.717) is 16.9 Å². The standard InChI is InChI=1S/C21H19NO5/c1-15-4-8-17(9-5-15)21(24)27-18-10-6-16(14-19(18)25-2)7-11-20(23)26-13-3-12-22/h4-11,14H,3,13H2,1-2H3/b11-7+. The number of benzene rings is 2. The van der Waals surface area contributed by atoms with Crippen LogP contribution in [-0.4, -0.2) is 25.7 Å². The van der Waals surface area contributed by atoms with Gasteiger partial charge in [0.15, 0.2) is 11.5 Å². The first kappa shape index (κ1) is 19.7. The molecule has 0 unspecified atom stereocenters. The summed E-state index contributed by atoms with van der Waals surface area (Å²) in [5.74, 6) is -0.399. The maximum Gasteiger partial charge on any atom is 0.343 e. The van der Waals surface area contributed by atoms with Gasteiger partial charge >= 0.3 is 11.9 Å². The minimum absolute atomic E-state index is 0.0525. The average Bonchev–Trinajstić information content (AvgIpc) is 2.67. The van der Waals surface area contributed by atoms with Crippen molar-refractivity contribution in [3.05, 3.63) is 65.2 Å². The van der Waals surface area contributed by atoms with Crippen molar-refractivity contribution in [1.82, 2.24) is 0 Å². The molecule has 138 valence electrons. The summed E-state index contributed by atoms with van der Waals surface area (Å²) < 4.78 is 15.5. The number of carbonyl (C=O) groups excluding carboxylic acids is 2. The second-order valence-electron chi connectivity index (χ2n) is 5.57. The van der Waals surface area contributed by atoms with E-state index in [0.717, 1.165) is 5.56 Å². The van der Waals surface area contributed by atoms with Gasteiger partial charge in [0.05, 0.1) is 25.2 Å². The van der Waals surface area contributed by atoms with Crippen LogP contribution in [0, 0.1) is 18.3 Å². The molecule has 0 fully saturated rings. The predicted octanol–water partition coefficient (Wildman–Crippen LogP) is 3.69. The van der Waals surface area contributed by atoms with Crippen LogP contribution in [0.25, 0.3) is 6.08 Å². The molecular formula is C21H19NO5. The molecule has 0 bridgehead atoms. The van der Waals surface area contributed by atoms with Crippen molar-refractivity contribution in [2.75, 3.05) is 13.7 Å². The average molecular weight is 365 g/mol. The molecule has 2 rings (SSSR count). The van der Waals surface area contributed by atoms with Crippen molar-refractivity contribution >= 4 is 18.0 Å². The Morgan fingerprint density at radius 3 is 2.52 bits per heavy atom. The number of hydrogen-bond acceptors (Lipinski definition) is 6. The number of nitrogens with zero attached hydrogens (tertiary/aromatic N) is 1. The Morgan fingerprint density at radius 2 is 1.85 bits per heavy atom. The molecule has 0 aliphatic heterocycles. The molecule has 0 atom stereocenters. The van der Waals surface area contributed by atoms with E-state index in [1.807, 2.05) is 25.1 Å². The van der Waals surface area contributed by atoms with Crippen molar-refractivity contribution in [3.8, 4) is 17.6 Å². The topological polar surface area (TPSA) is 85.6 Å². The third-order valence-electron chi connectivity index (χ3n) is 3.55. The van der Waals surface area contributed by atoms with Gasteiger partial charge in [-0.3, -0.25) is 0 Å². The van der Waals surface area contributed by atoms with Gasteiger partial charge in [-0.15, -0.1) is 0 Å². The van der Waals surface area contributed by atoms with Crippen molar-refractivity contribution in [3.63, 3.8) is 0 Å². The number of aryl methyl sites for hydroxylation is 1. The summed E-state index contributed by atoms with van der Waals surface area (Å²) >= 11 is 0. The maximum absolute atomic E-state index is 12.2. The summed E-state index contributed by atoms with van der Waals surface area (Å²) in [7, 11) is 1.46. The van der Waals surface area contributed by atoms with Gasteiger partial charge < -0.3 is 14.2 Å². The fourth-order valence-electron chi connectivity index (χ4n) is 2.13. The SMILES string of the molecule is COc1cc(/C=C/C(=O)OCCC#N)ccc1OC(=O)c1ccc(C)cc1. The number of rotatable bonds is 7. The van der Waals surface area contributed by atoms with Crippen molar-refractivity contribution < 1.29 is 23.8 Å². The van der Waals surface area contributed by atoms with E-state index in [1.54, 1.807) is 36.4 Å². The summed E-state index contributed by atoms with van der Waals surface area (Å²) in [4.78, 5) is 23.8. The molecule has 0 aliphatic carbocycles. The van der Waals surface area contributed by atoms with E-state index in [4.69, 9.17) is 19.5 Å². The van der Waals surface area contributed by atoms with E-state index in [9.17, 15) is 9.59 Å². The fourth-order valence-corrected chi connectivity index (χ4v) is 2.13. The van der Waals surface area contributed by atoms with Gasteiger partial charge in [-0.2, -0.15) is 5.26 Å². The van der Waals surface area contributed by atoms with Gasteiger partial charge in [0.1, 0.15) is 6.61 Å². The molecule has 0 aliphatic rings. The molecule has 0 saturated heterocycles. The Kier molecular flexibility index (Phi) is 7.15. The van der Waals surface area contributed by atoms with E-state index in [-0.39, 0.29) is 18.8 Å². The van der Waals surface area contributed by atoms with Crippen LogP contribution in [0.1, 0.15) is 27.9 Å². The van der Waals surface area contributed by atoms with E-state index < -0.39 is 11.9 Å². The maximum atomic E-state index is 12.2. The van der Waals surface area contributed by atoms with E-state index in [1.165, 1.54) is 13.2 Å². The molecule has 6 heteroatoms. The molecule has 2 aromatic rings. The Bertz CT molecular complexity index is 878. The zero-order valence-electron chi connectivity index (χ0n) is 15.1. The van der Waals surface area contributed by atoms with Crippen LogP contribution >= 0.6 is 0 Å². The molecule has 0 N–H and O–H groups in total. The largest absolute Gasteiger partial charge is 0.493 e. The van der Waals surface area contributed by atoms with Gasteiger partial charge in [-0.05, 0) is 42.8 Å². The number of nitriles is 1. The smallest absolute Gasteiger partial charge is 0.343 e. The number of ether oxygens (including phenoxy) is 3. The Hall–Kier alpha value is -3.59. The lowest BCUT2D eigenvalue weighted by atomic mass is 10.1. The van der Waals surface area contributed by atoms with Gasteiger partial charge in [0.25, 0.3) is 0 Å². The lowest BCUT2D eigenvalue weighted by Crippen LogP contribution is -2.09. The van der Waals surface area contributed by atoms with Gasteiger partial charge in [0, 0.05) is 6.08 Å². The summed E-state index contributed by atoms with van der Waals surface area (Å²) in [5, 5.41) is 8.41. The third kappa shape index (κ3) is 6.01. The molecule has 0 spiro atoms. The monoisotopic (exact) mass is 365 g/mol. The lowest BCUT2D eigenvalue weighted by Gasteiger charge is -2.10. The Labute approximate surface area is 157 Å². The number of methoxy groups -OCH3 is 1. The molecule has 6 nitrogen and oxygen atoms in total. The fraction of sp³-hybridized carbons (Fsp3) is 0.190. The highest BCUT2D eigenvalue weighted by atomic mass is 16.6. The molecule has 27 heavy (non-hydrogen) atoms. The Balaban J connectivity index is 2.07. The Morgan fingerprint density at radius 1 is 1.11 bits per heavy atom. The lowest BCUT2D eigenvalue weighted by molar-refractivity contribution is -0.137. The van der Waals surface area contributed by atoms with Crippen LogP contribution in [0.15, 0.2) is 48.5 Å². The second kappa shape index (κ2) is 9.78. The van der Waals surface area contributed by atoms with Gasteiger partial charge in [0.2, 0.25) is 0 Å². The van der Waals surface area contributed by atoms with Gasteiger partial charge in [-0.25, -0.2) is 9.59 Å². The number of esters is 2. The summed E-state index contributed by atoms with van der Waals surface area (Å²) in [5.41, 5.74) is 2.15. The molecule has 0 amide bonds. The van der Waals surface area contributed by atoms with Crippen molar-refractivity contribution in [2.45, 2.75) is 13.3 Å². The summed E-state index contributed by atoms with van der Waals surface area (Å²) in [6.45, 7) is 1.99. The first-order valence-corrected chi connectivity index (χ1v) is 8.22. The zero-order chi connectivity index (χ0) is 19.6. The van der Waals surface area contributed by atoms with Crippen LogP contribution in [0.5, 0.6) is 11.5 Å². The third-order valence-corrected chi connectivity index (χ3v) is 3.55. The molecule has 0 radical (unpaired) electrons. The molecule has 0 heterocycles. The minimum atomic E-state index is -0.543. The quantitative estimate of drug-likeness (QED) is 0.322. The van der Waals surface area contributed by atoms with Crippen LogP contribution in [0.3, 0.4) is 0 Å². The molecule has 0 saturated carbocycles. The van der Waals surface area contributed by atoms with Crippen molar-refractivity contribution in [1.29, 1.82) is 5.26 Å². The van der Waals surface area contributed by atoms with E-state index in [2.05, 4.69) is 0 Å². The highest BCUT2D eigenvalue weighted by Gasteiger charge is 2.12. The zero-order valence-corrected chi connectivity index (χ0v) is 15.1. The highest BCUT2D eigenvalue weighted by Crippen LogP contribution is 2.29. The highest BCUT2D eigenvalue weighted by molar-refractivity contribution is 5.91. The van der Waals surface area contributed by atoms with Crippen LogP contribution in [-0.2, 0) is 9.53 Å². The van der Waals surface area contributed by atoms with Crippen LogP contribution in [0.2, 0.25) is 0 Å². The normalized spacial score (nSPS) is 10.3. The number of carbonyl (C=O) groups is 2. The van der Waals surface area contributed by atoms with Gasteiger partial charge in [-0.1, -0.05) is 23.8 Å². The minimum Gasteiger partial charge on any atom is -0.493 e. The molecule has 2 aromatic carbocycles. The molecular weight excluding hydrogens is 346 g/mol. The van der Waals surface area contributed by atoms with Crippen LogP contribution < -0.4 is 9.47 Å². The summed E-state index contributed by atoms with van der Waals surface area (Å²) in [6.07, 6.45) is 2.95. The first-order chi connectivity index (χ1) is 13.0. The second-order valence-corrected chi connectivity index (χ2v) is 5.57. The first-order valence-electron chi connectivity index (χ1n) is 8.22. The van der Waals surface area contributed by atoms with Crippen LogP contribution in [0.4, 0.5) is 0 Å². The van der Waals surface area contributed by atoms with Crippen molar-refractivity contribution in [2.24, 2.45) is 0 Å². The summed E-state index contributed by atoms with van der Waals surface area (Å²) in [6, 6.07) is 13.8. The molecule has 0 aromatic heterocycles.